The molecule has 1 aromatic carbocycles. The molecule has 11 aliphatic rings. The van der Waals surface area contributed by atoms with Crippen LogP contribution >= 0.6 is 0 Å². The summed E-state index contributed by atoms with van der Waals surface area (Å²) in [7, 11) is 3.48. The fourth-order valence-electron chi connectivity index (χ4n) is 17.9. The quantitative estimate of drug-likeness (QED) is 0.189. The van der Waals surface area contributed by atoms with Crippen molar-refractivity contribution < 1.29 is 53.5 Å². The maximum atomic E-state index is 14.6. The number of fused-ring (bicyclic) bond motifs is 7. The van der Waals surface area contributed by atoms with Gasteiger partial charge in [0.1, 0.15) is 18.8 Å². The van der Waals surface area contributed by atoms with Crippen LogP contribution in [0.25, 0.3) is 0 Å². The van der Waals surface area contributed by atoms with E-state index in [1.165, 1.54) is 12.7 Å². The summed E-state index contributed by atoms with van der Waals surface area (Å²) < 4.78 is 17.5. The van der Waals surface area contributed by atoms with Gasteiger partial charge in [0, 0.05) is 55.3 Å². The number of ether oxygens (including phenoxy) is 3. The number of nitrogens with zero attached hydrogens (tertiary/aromatic N) is 2. The van der Waals surface area contributed by atoms with Crippen LogP contribution in [0.2, 0.25) is 0 Å². The maximum Gasteiger partial charge on any atom is 0.362 e. The normalized spacial score (nSPS) is 52.6. The highest BCUT2D eigenvalue weighted by Crippen LogP contribution is 2.73. The number of benzene rings is 1. The Hall–Kier alpha value is -3.03. The van der Waals surface area contributed by atoms with E-state index in [1.807, 2.05) is 6.07 Å². The highest BCUT2D eigenvalue weighted by atomic mass is 16.6. The van der Waals surface area contributed by atoms with E-state index in [0.717, 1.165) is 30.5 Å². The minimum Gasteiger partial charge on any atom is -0.468 e. The number of cyclic esters (lactones) is 1. The number of carbonyl (C=O) groups excluding carboxylic acids is 3. The fraction of sp³-hybridized carbons (Fsp3) is 0.761. The van der Waals surface area contributed by atoms with Crippen molar-refractivity contribution in [2.45, 2.75) is 144 Å². The summed E-state index contributed by atoms with van der Waals surface area (Å²) in [6.07, 6.45) is 6.02. The van der Waals surface area contributed by atoms with Gasteiger partial charge in [0.05, 0.1) is 47.3 Å². The number of carbonyl (C=O) groups is 3. The van der Waals surface area contributed by atoms with E-state index < -0.39 is 57.8 Å². The highest BCUT2D eigenvalue weighted by molar-refractivity contribution is 5.85. The first-order valence-electron chi connectivity index (χ1n) is 22.3. The second-order valence-electron chi connectivity index (χ2n) is 20.9. The zero-order chi connectivity index (χ0) is 40.5. The summed E-state index contributed by atoms with van der Waals surface area (Å²) in [6, 6.07) is 8.21. The van der Waals surface area contributed by atoms with Crippen LogP contribution in [0.3, 0.4) is 0 Å². The zero-order valence-corrected chi connectivity index (χ0v) is 34.3. The number of hydrogen-bond donors (Lipinski definition) is 4. The predicted molar refractivity (Wildman–Crippen MR) is 208 cm³/mol. The number of hydrogen-bond acceptors (Lipinski definition) is 11. The van der Waals surface area contributed by atoms with Crippen molar-refractivity contribution in [3.63, 3.8) is 0 Å². The van der Waals surface area contributed by atoms with Gasteiger partial charge >= 0.3 is 17.9 Å². The van der Waals surface area contributed by atoms with E-state index in [9.17, 15) is 34.8 Å². The van der Waals surface area contributed by atoms with Gasteiger partial charge in [-0.1, -0.05) is 32.0 Å². The molecule has 9 fully saturated rings. The second-order valence-corrected chi connectivity index (χ2v) is 20.9. The monoisotopic (exact) mass is 801 g/mol. The van der Waals surface area contributed by atoms with Gasteiger partial charge in [-0.3, -0.25) is 9.28 Å². The summed E-state index contributed by atoms with van der Waals surface area (Å²) >= 11 is 0. The topological polar surface area (TPSA) is 163 Å². The molecule has 5 saturated carbocycles. The maximum absolute atomic E-state index is 14.6. The summed E-state index contributed by atoms with van der Waals surface area (Å²) in [5, 5.41) is 50.6. The Balaban J connectivity index is 0.871. The Morgan fingerprint density at radius 1 is 1.00 bits per heavy atom. The molecule has 12 heteroatoms. The molecule has 4 N–H and O–H groups in total. The van der Waals surface area contributed by atoms with E-state index in [0.29, 0.717) is 38.5 Å². The predicted octanol–water partition coefficient (Wildman–Crippen LogP) is 3.51. The van der Waals surface area contributed by atoms with Crippen LogP contribution in [0.1, 0.15) is 96.5 Å². The number of anilines is 1. The van der Waals surface area contributed by atoms with Crippen LogP contribution in [0, 0.1) is 46.3 Å². The third kappa shape index (κ3) is 4.14. The van der Waals surface area contributed by atoms with Crippen LogP contribution in [-0.2, 0) is 34.0 Å². The molecule has 18 atom stereocenters. The Morgan fingerprint density at radius 3 is 2.52 bits per heavy atom. The molecular weight excluding hydrogens is 741 g/mol. The van der Waals surface area contributed by atoms with E-state index in [4.69, 9.17) is 14.2 Å². The van der Waals surface area contributed by atoms with Crippen molar-refractivity contribution in [2.75, 3.05) is 32.2 Å². The number of quaternary nitrogens is 1. The van der Waals surface area contributed by atoms with Crippen molar-refractivity contribution in [3.8, 4) is 0 Å². The Labute approximate surface area is 340 Å². The fourth-order valence-corrected chi connectivity index (χ4v) is 17.9. The highest BCUT2D eigenvalue weighted by Gasteiger charge is 2.83. The Morgan fingerprint density at radius 2 is 1.78 bits per heavy atom. The summed E-state index contributed by atoms with van der Waals surface area (Å²) in [4.78, 5) is 43.2. The number of para-hydroxylation sites is 1. The van der Waals surface area contributed by atoms with Crippen LogP contribution in [0.15, 0.2) is 35.9 Å². The molecule has 12 rings (SSSR count). The van der Waals surface area contributed by atoms with E-state index in [-0.39, 0.29) is 96.5 Å². The molecule has 6 heterocycles. The van der Waals surface area contributed by atoms with Crippen molar-refractivity contribution in [3.05, 3.63) is 41.5 Å². The van der Waals surface area contributed by atoms with Crippen LogP contribution in [0.5, 0.6) is 0 Å². The number of esters is 3. The van der Waals surface area contributed by atoms with Gasteiger partial charge in [-0.15, -0.1) is 0 Å². The Kier molecular flexibility index (Phi) is 7.90. The lowest BCUT2D eigenvalue weighted by atomic mass is 9.41. The first-order chi connectivity index (χ1) is 27.7. The largest absolute Gasteiger partial charge is 0.468 e. The summed E-state index contributed by atoms with van der Waals surface area (Å²) in [5.74, 6) is -1.64. The molecule has 0 aromatic heterocycles. The lowest BCUT2D eigenvalue weighted by Crippen LogP contribution is -2.83. The van der Waals surface area contributed by atoms with Gasteiger partial charge < -0.3 is 39.5 Å². The summed E-state index contributed by atoms with van der Waals surface area (Å²) in [5.41, 5.74) is -1.55. The van der Waals surface area contributed by atoms with Gasteiger partial charge in [-0.05, 0) is 98.7 Å². The number of likely N-dealkylation sites (N-methyl/N-ethyl adjacent to an activating group) is 1. The van der Waals surface area contributed by atoms with Crippen molar-refractivity contribution >= 4 is 23.6 Å². The first-order valence-corrected chi connectivity index (χ1v) is 22.3. The van der Waals surface area contributed by atoms with E-state index >= 15 is 0 Å². The molecule has 1 aromatic rings. The lowest BCUT2D eigenvalue weighted by Gasteiger charge is -2.67. The lowest BCUT2D eigenvalue weighted by molar-refractivity contribution is -1.03. The number of rotatable bonds is 6. The molecule has 4 saturated heterocycles. The number of aliphatic hydroxyl groups excluding tert-OH is 2. The van der Waals surface area contributed by atoms with Crippen LogP contribution in [0.4, 0.5) is 5.69 Å². The second kappa shape index (κ2) is 12.1. The summed E-state index contributed by atoms with van der Waals surface area (Å²) in [6.45, 7) is 4.49. The van der Waals surface area contributed by atoms with Gasteiger partial charge in [-0.2, -0.15) is 0 Å². The average molecular weight is 802 g/mol. The molecule has 12 nitrogen and oxygen atoms in total. The van der Waals surface area contributed by atoms with Crippen molar-refractivity contribution in [1.82, 2.24) is 0 Å². The Bertz CT molecular complexity index is 2010. The minimum atomic E-state index is -1.50. The van der Waals surface area contributed by atoms with E-state index in [2.05, 4.69) is 44.0 Å². The van der Waals surface area contributed by atoms with Gasteiger partial charge in [0.15, 0.2) is 12.8 Å². The molecule has 1 spiro atoms. The first kappa shape index (κ1) is 37.9. The molecule has 5 bridgehead atoms. The van der Waals surface area contributed by atoms with Gasteiger partial charge in [-0.25, -0.2) is 9.59 Å². The third-order valence-corrected chi connectivity index (χ3v) is 19.9. The van der Waals surface area contributed by atoms with Crippen molar-refractivity contribution in [1.29, 1.82) is 0 Å². The number of methoxy groups -OCH3 is 1. The smallest absolute Gasteiger partial charge is 0.362 e. The molecule has 6 aliphatic heterocycles. The molecule has 314 valence electrons. The van der Waals surface area contributed by atoms with Crippen molar-refractivity contribution in [2.24, 2.45) is 46.3 Å². The molecule has 0 radical (unpaired) electrons. The minimum absolute atomic E-state index is 0.00132. The molecule has 58 heavy (non-hydrogen) atoms. The molecule has 0 amide bonds. The zero-order valence-electron chi connectivity index (χ0n) is 34.3. The molecule has 17 unspecified atom stereocenters. The van der Waals surface area contributed by atoms with Gasteiger partial charge in [0.2, 0.25) is 0 Å². The third-order valence-electron chi connectivity index (χ3n) is 19.9. The van der Waals surface area contributed by atoms with Crippen LogP contribution in [-0.4, -0.2) is 118 Å². The van der Waals surface area contributed by atoms with E-state index in [1.54, 1.807) is 6.08 Å². The van der Waals surface area contributed by atoms with Gasteiger partial charge in [0.25, 0.3) is 0 Å². The standard InChI is InChI=1S/C46H61N2O10/c1-5-26-27-19-33-38-44(31-8-6-7-9-32(31)47(38)3)21-34(37(27)39(44)51)48(33,40(26)52)22-36(50)58-25-10-16-45(41(53)56-4)29-11-14-42(2)28(24-18-35(49)57-23-24)13-17-46(42,55)30(29)12-15-43(45,54)20-25/h6-9,18,25-30,33-34,37-40,51-52,54-55H,5,10-17,19-23H2,1-4H3/q+1/t25?,26?,27?,28?,29?,30?,33?,34?,37?,38?,39?,40-,42?,43?,44?,45?,46?,48?/m1/s1. The number of piperidine rings is 4. The molecule has 5 aliphatic carbocycles. The van der Waals surface area contributed by atoms with Crippen LogP contribution < -0.4 is 4.90 Å². The number of aliphatic hydroxyl groups is 4. The SMILES string of the molecule is CCC1C2CC3C4N(C)c5ccccc5C45CC(C2C5O)[N+]3(CC(=O)OC2CCC3(C(=O)OC)C4CCC5(C)C(C6=CC(=O)OC6)CCC5(O)C4CCC3(O)C2)[C@@H]1O. The average Bonchev–Trinajstić information content (AvgIpc) is 3.89. The molecular formula is C46H61N2O10+.